The van der Waals surface area contributed by atoms with Gasteiger partial charge in [-0.1, -0.05) is 19.3 Å². The lowest BCUT2D eigenvalue weighted by atomic mass is 9.81. The molecule has 1 unspecified atom stereocenters. The molecule has 19 heavy (non-hydrogen) atoms. The van der Waals surface area contributed by atoms with Crippen molar-refractivity contribution in [3.8, 4) is 0 Å². The van der Waals surface area contributed by atoms with Crippen LogP contribution < -0.4 is 5.32 Å². The molecule has 1 saturated heterocycles. The molecule has 2 fully saturated rings. The van der Waals surface area contributed by atoms with Crippen LogP contribution in [-0.4, -0.2) is 56.5 Å². The molecule has 1 spiro atoms. The fourth-order valence-corrected chi connectivity index (χ4v) is 4.73. The van der Waals surface area contributed by atoms with Gasteiger partial charge < -0.3 is 5.32 Å². The molecule has 2 aliphatic rings. The number of nitrogens with one attached hydrogen (secondary N) is 1. The van der Waals surface area contributed by atoms with Gasteiger partial charge in [-0.2, -0.15) is 0 Å². The van der Waals surface area contributed by atoms with Crippen molar-refractivity contribution < 1.29 is 8.42 Å². The van der Waals surface area contributed by atoms with Crippen molar-refractivity contribution in [2.24, 2.45) is 0 Å². The summed E-state index contributed by atoms with van der Waals surface area (Å²) < 4.78 is 23.0. The van der Waals surface area contributed by atoms with Gasteiger partial charge in [-0.25, -0.2) is 8.42 Å². The minimum absolute atomic E-state index is 0.133. The minimum atomic E-state index is -2.89. The molecule has 0 bridgehead atoms. The van der Waals surface area contributed by atoms with Gasteiger partial charge in [0.2, 0.25) is 0 Å². The van der Waals surface area contributed by atoms with Crippen molar-refractivity contribution in [3.63, 3.8) is 0 Å². The van der Waals surface area contributed by atoms with E-state index in [1.54, 1.807) is 0 Å². The van der Waals surface area contributed by atoms with E-state index in [9.17, 15) is 8.42 Å². The molecule has 2 rings (SSSR count). The quantitative estimate of drug-likeness (QED) is 0.853. The van der Waals surface area contributed by atoms with E-state index in [0.29, 0.717) is 0 Å². The van der Waals surface area contributed by atoms with Crippen molar-refractivity contribution in [3.05, 3.63) is 0 Å². The average molecular weight is 288 g/mol. The minimum Gasteiger partial charge on any atom is -0.310 e. The van der Waals surface area contributed by atoms with Crippen LogP contribution in [0, 0.1) is 0 Å². The highest BCUT2D eigenvalue weighted by atomic mass is 32.2. The third kappa shape index (κ3) is 4.43. The molecule has 4 nitrogen and oxygen atoms in total. The molecule has 1 atom stereocenters. The first-order valence-corrected chi connectivity index (χ1v) is 9.63. The Bertz CT molecular complexity index is 388. The van der Waals surface area contributed by atoms with Gasteiger partial charge in [0, 0.05) is 24.4 Å². The van der Waals surface area contributed by atoms with E-state index in [1.807, 2.05) is 0 Å². The van der Waals surface area contributed by atoms with Crippen LogP contribution in [0.2, 0.25) is 0 Å². The molecule has 5 heteroatoms. The Morgan fingerprint density at radius 3 is 2.53 bits per heavy atom. The van der Waals surface area contributed by atoms with E-state index in [1.165, 1.54) is 38.4 Å². The van der Waals surface area contributed by atoms with Crippen LogP contribution in [0.1, 0.15) is 45.4 Å². The van der Waals surface area contributed by atoms with Crippen molar-refractivity contribution in [2.45, 2.75) is 57.0 Å². The van der Waals surface area contributed by atoms with E-state index >= 15 is 0 Å². The van der Waals surface area contributed by atoms with Gasteiger partial charge >= 0.3 is 0 Å². The Hall–Kier alpha value is -0.130. The van der Waals surface area contributed by atoms with Gasteiger partial charge in [0.05, 0.1) is 5.75 Å². The molecule has 1 aliphatic heterocycles. The summed E-state index contributed by atoms with van der Waals surface area (Å²) in [5.41, 5.74) is 0.251. The maximum Gasteiger partial charge on any atom is 0.148 e. The Kier molecular flexibility index (Phi) is 4.90. The number of rotatable bonds is 3. The zero-order chi connectivity index (χ0) is 13.9. The summed E-state index contributed by atoms with van der Waals surface area (Å²) in [6.45, 7) is 5.17. The molecule has 0 aromatic rings. The van der Waals surface area contributed by atoms with Crippen LogP contribution in [0.25, 0.3) is 0 Å². The average Bonchev–Trinajstić information content (AvgIpc) is 2.51. The summed E-state index contributed by atoms with van der Waals surface area (Å²) in [4.78, 5) is 2.40. The fraction of sp³-hybridized carbons (Fsp3) is 1.00. The molecule has 1 saturated carbocycles. The van der Waals surface area contributed by atoms with Gasteiger partial charge in [-0.05, 0) is 39.3 Å². The van der Waals surface area contributed by atoms with Crippen molar-refractivity contribution in [1.82, 2.24) is 10.2 Å². The first-order chi connectivity index (χ1) is 8.90. The summed E-state index contributed by atoms with van der Waals surface area (Å²) in [5.74, 6) is 0.281. The number of sulfone groups is 1. The molecule has 1 heterocycles. The van der Waals surface area contributed by atoms with Gasteiger partial charge in [0.25, 0.3) is 0 Å². The maximum absolute atomic E-state index is 11.5. The van der Waals surface area contributed by atoms with Gasteiger partial charge in [-0.15, -0.1) is 0 Å². The van der Waals surface area contributed by atoms with Crippen LogP contribution in [0.15, 0.2) is 0 Å². The fourth-order valence-electron chi connectivity index (χ4n) is 3.64. The normalized spacial score (nSPS) is 27.1. The monoisotopic (exact) mass is 288 g/mol. The number of hydrogen-bond donors (Lipinski definition) is 1. The third-order valence-electron chi connectivity index (χ3n) is 4.61. The zero-order valence-electron chi connectivity index (χ0n) is 12.3. The third-order valence-corrected chi connectivity index (χ3v) is 5.69. The van der Waals surface area contributed by atoms with E-state index < -0.39 is 9.84 Å². The summed E-state index contributed by atoms with van der Waals surface area (Å²) in [6, 6.07) is 0.133. The Balaban J connectivity index is 2.03. The molecular weight excluding hydrogens is 260 g/mol. The molecule has 0 amide bonds. The zero-order valence-corrected chi connectivity index (χ0v) is 13.1. The highest BCUT2D eigenvalue weighted by molar-refractivity contribution is 7.90. The summed E-state index contributed by atoms with van der Waals surface area (Å²) in [5, 5.41) is 3.75. The summed E-state index contributed by atoms with van der Waals surface area (Å²) >= 11 is 0. The van der Waals surface area contributed by atoms with Crippen molar-refractivity contribution in [1.29, 1.82) is 0 Å². The predicted octanol–water partition coefficient (Wildman–Crippen LogP) is 1.42. The van der Waals surface area contributed by atoms with Gasteiger partial charge in [0.15, 0.2) is 0 Å². The highest BCUT2D eigenvalue weighted by Gasteiger charge is 2.36. The second-order valence-corrected chi connectivity index (χ2v) is 8.72. The number of hydrogen-bond acceptors (Lipinski definition) is 4. The predicted molar refractivity (Wildman–Crippen MR) is 79.2 cm³/mol. The first-order valence-electron chi connectivity index (χ1n) is 7.57. The van der Waals surface area contributed by atoms with E-state index in [-0.39, 0.29) is 17.3 Å². The van der Waals surface area contributed by atoms with Gasteiger partial charge in [-0.3, -0.25) is 4.90 Å². The lowest BCUT2D eigenvalue weighted by Gasteiger charge is -2.41. The molecule has 0 radical (unpaired) electrons. The van der Waals surface area contributed by atoms with Crippen LogP contribution in [0.3, 0.4) is 0 Å². The SMILES string of the molecule is CC(CS(C)(=O)=O)N1CCCNC2(CCCCC2)C1. The van der Waals surface area contributed by atoms with Crippen molar-refractivity contribution in [2.75, 3.05) is 31.6 Å². The van der Waals surface area contributed by atoms with Gasteiger partial charge in [0.1, 0.15) is 9.84 Å². The second kappa shape index (κ2) is 6.10. The van der Waals surface area contributed by atoms with Crippen LogP contribution in [0.4, 0.5) is 0 Å². The highest BCUT2D eigenvalue weighted by Crippen LogP contribution is 2.30. The largest absolute Gasteiger partial charge is 0.310 e. The number of nitrogens with zero attached hydrogens (tertiary/aromatic N) is 1. The first kappa shape index (κ1) is 15.3. The lowest BCUT2D eigenvalue weighted by molar-refractivity contribution is 0.141. The van der Waals surface area contributed by atoms with E-state index in [2.05, 4.69) is 17.1 Å². The van der Waals surface area contributed by atoms with E-state index in [4.69, 9.17) is 0 Å². The summed E-state index contributed by atoms with van der Waals surface area (Å²) in [6.07, 6.45) is 8.92. The lowest BCUT2D eigenvalue weighted by Crippen LogP contribution is -2.54. The molecule has 1 N–H and O–H groups in total. The second-order valence-electron chi connectivity index (χ2n) is 6.53. The molecule has 0 aromatic heterocycles. The van der Waals surface area contributed by atoms with Crippen LogP contribution in [0.5, 0.6) is 0 Å². The molecular formula is C14H28N2O2S. The standard InChI is InChI=1S/C14H28N2O2S/c1-13(11-19(2,17)18)16-10-6-9-15-14(12-16)7-4-3-5-8-14/h13,15H,3-12H2,1-2H3. The Morgan fingerprint density at radius 2 is 1.89 bits per heavy atom. The summed E-state index contributed by atoms with van der Waals surface area (Å²) in [7, 11) is -2.89. The van der Waals surface area contributed by atoms with Crippen LogP contribution >= 0.6 is 0 Å². The topological polar surface area (TPSA) is 49.4 Å². The van der Waals surface area contributed by atoms with Crippen molar-refractivity contribution >= 4 is 9.84 Å². The smallest absolute Gasteiger partial charge is 0.148 e. The Morgan fingerprint density at radius 1 is 1.21 bits per heavy atom. The van der Waals surface area contributed by atoms with Crippen LogP contribution in [-0.2, 0) is 9.84 Å². The molecule has 112 valence electrons. The Labute approximate surface area is 117 Å². The van der Waals surface area contributed by atoms with E-state index in [0.717, 1.165) is 26.1 Å². The molecule has 0 aromatic carbocycles. The maximum atomic E-state index is 11.5. The molecule has 1 aliphatic carbocycles.